The molecule has 0 spiro atoms. The van der Waals surface area contributed by atoms with Crippen molar-refractivity contribution in [3.05, 3.63) is 108 Å². The van der Waals surface area contributed by atoms with Crippen molar-refractivity contribution in [3.8, 4) is 22.6 Å². The molecule has 1 N–H and O–H groups in total. The molecule has 0 aliphatic heterocycles. The van der Waals surface area contributed by atoms with E-state index in [1.54, 1.807) is 11.8 Å². The van der Waals surface area contributed by atoms with Gasteiger partial charge in [-0.1, -0.05) is 78.5 Å². The minimum absolute atomic E-state index is 0.582. The van der Waals surface area contributed by atoms with Crippen LogP contribution in [0.2, 0.25) is 0 Å². The predicted octanol–water partition coefficient (Wildman–Crippen LogP) is 6.07. The van der Waals surface area contributed by atoms with E-state index in [2.05, 4.69) is 45.2 Å². The Labute approximate surface area is 189 Å². The van der Waals surface area contributed by atoms with Crippen LogP contribution in [0.15, 0.2) is 102 Å². The Bertz CT molecular complexity index is 1340. The zero-order chi connectivity index (χ0) is 21.0. The minimum atomic E-state index is 0.582. The number of nitrogens with zero attached hydrogens (tertiary/aromatic N) is 4. The number of H-pyrrole nitrogens is 1. The second kappa shape index (κ2) is 8.75. The molecule has 0 bridgehead atoms. The molecule has 0 unspecified atom stereocenters. The topological polar surface area (TPSA) is 51.4 Å². The third-order valence-electron chi connectivity index (χ3n) is 4.86. The summed E-state index contributed by atoms with van der Waals surface area (Å²) in [6, 6.07) is 30.5. The van der Waals surface area contributed by atoms with Crippen molar-refractivity contribution in [1.82, 2.24) is 24.3 Å². The van der Waals surface area contributed by atoms with Crippen LogP contribution in [0.5, 0.6) is 0 Å². The Balaban J connectivity index is 1.50. The van der Waals surface area contributed by atoms with Gasteiger partial charge >= 0.3 is 0 Å². The molecule has 0 fully saturated rings. The number of nitrogens with one attached hydrogen (secondary N) is 1. The molecule has 5 rings (SSSR count). The molecule has 2 heterocycles. The monoisotopic (exact) mass is 441 g/mol. The van der Waals surface area contributed by atoms with Gasteiger partial charge in [0.15, 0.2) is 9.93 Å². The van der Waals surface area contributed by atoms with Gasteiger partial charge in [0.25, 0.3) is 0 Å². The highest BCUT2D eigenvalue weighted by Crippen LogP contribution is 2.29. The van der Waals surface area contributed by atoms with Crippen LogP contribution >= 0.6 is 24.0 Å². The molecule has 152 valence electrons. The van der Waals surface area contributed by atoms with Gasteiger partial charge in [0.1, 0.15) is 5.82 Å². The average Bonchev–Trinajstić information content (AvgIpc) is 3.43. The minimum Gasteiger partial charge on any atom is -0.294 e. The van der Waals surface area contributed by atoms with Gasteiger partial charge in [-0.05, 0) is 36.5 Å². The lowest BCUT2D eigenvalue weighted by molar-refractivity contribution is 0.888. The van der Waals surface area contributed by atoms with Crippen molar-refractivity contribution in [2.24, 2.45) is 0 Å². The maximum absolute atomic E-state index is 5.47. The molecule has 0 amide bonds. The number of hydrogen-bond acceptors (Lipinski definition) is 4. The van der Waals surface area contributed by atoms with E-state index in [1.807, 2.05) is 71.3 Å². The third-order valence-corrected chi connectivity index (χ3v) is 6.09. The van der Waals surface area contributed by atoms with Gasteiger partial charge in [0, 0.05) is 23.1 Å². The highest BCUT2D eigenvalue weighted by atomic mass is 32.2. The Hall–Kier alpha value is -3.42. The first-order chi connectivity index (χ1) is 15.3. The van der Waals surface area contributed by atoms with Crippen LogP contribution in [-0.2, 0) is 5.75 Å². The largest absolute Gasteiger partial charge is 0.294 e. The fraction of sp³-hybridized carbons (Fsp3) is 0.0417. The molecule has 2 aromatic heterocycles. The number of aromatic nitrogens is 5. The summed E-state index contributed by atoms with van der Waals surface area (Å²) < 4.78 is 4.68. The Kier molecular flexibility index (Phi) is 5.52. The van der Waals surface area contributed by atoms with Crippen LogP contribution in [0.3, 0.4) is 0 Å². The number of hydrogen-bond donors (Lipinski definition) is 1. The van der Waals surface area contributed by atoms with E-state index in [0.29, 0.717) is 10.5 Å². The summed E-state index contributed by atoms with van der Waals surface area (Å²) in [6.45, 7) is 0. The lowest BCUT2D eigenvalue weighted by atomic mass is 10.2. The molecular formula is C24H19N5S2. The van der Waals surface area contributed by atoms with Crippen molar-refractivity contribution in [2.75, 3.05) is 0 Å². The van der Waals surface area contributed by atoms with Crippen LogP contribution in [0.4, 0.5) is 0 Å². The van der Waals surface area contributed by atoms with Gasteiger partial charge in [0.05, 0.1) is 11.4 Å². The summed E-state index contributed by atoms with van der Waals surface area (Å²) in [5.74, 6) is 1.48. The SMILES string of the molecule is S=c1[nH]nc(CSc2nc(-c3ccccc3)cn2-c2ccccc2)n1-c1ccccc1. The molecular weight excluding hydrogens is 422 g/mol. The molecule has 31 heavy (non-hydrogen) atoms. The summed E-state index contributed by atoms with van der Waals surface area (Å²) in [6.07, 6.45) is 2.08. The quantitative estimate of drug-likeness (QED) is 0.256. The van der Waals surface area contributed by atoms with E-state index in [1.165, 1.54) is 0 Å². The Morgan fingerprint density at radius 2 is 1.42 bits per heavy atom. The normalized spacial score (nSPS) is 11.0. The van der Waals surface area contributed by atoms with Crippen LogP contribution in [0, 0.1) is 4.77 Å². The number of thioether (sulfide) groups is 1. The maximum atomic E-state index is 5.47. The molecule has 5 nitrogen and oxygen atoms in total. The number of rotatable bonds is 6. The number of para-hydroxylation sites is 2. The van der Waals surface area contributed by atoms with Gasteiger partial charge in [-0.25, -0.2) is 4.98 Å². The molecule has 0 saturated heterocycles. The second-order valence-electron chi connectivity index (χ2n) is 6.88. The van der Waals surface area contributed by atoms with Gasteiger partial charge in [-0.15, -0.1) is 0 Å². The van der Waals surface area contributed by atoms with Crippen molar-refractivity contribution in [1.29, 1.82) is 0 Å². The predicted molar refractivity (Wildman–Crippen MR) is 127 cm³/mol. The number of benzene rings is 3. The van der Waals surface area contributed by atoms with Crippen molar-refractivity contribution in [3.63, 3.8) is 0 Å². The van der Waals surface area contributed by atoms with E-state index >= 15 is 0 Å². The Morgan fingerprint density at radius 3 is 2.10 bits per heavy atom. The van der Waals surface area contributed by atoms with Crippen molar-refractivity contribution < 1.29 is 0 Å². The average molecular weight is 442 g/mol. The first-order valence-corrected chi connectivity index (χ1v) is 11.2. The molecule has 0 saturated carbocycles. The van der Waals surface area contributed by atoms with Gasteiger partial charge < -0.3 is 0 Å². The lowest BCUT2D eigenvalue weighted by Gasteiger charge is -2.08. The second-order valence-corrected chi connectivity index (χ2v) is 8.21. The van der Waals surface area contributed by atoms with Crippen molar-refractivity contribution >= 4 is 24.0 Å². The fourth-order valence-electron chi connectivity index (χ4n) is 3.39. The Morgan fingerprint density at radius 1 is 0.806 bits per heavy atom. The van der Waals surface area contributed by atoms with E-state index < -0.39 is 0 Å². The fourth-order valence-corrected chi connectivity index (χ4v) is 4.55. The maximum Gasteiger partial charge on any atom is 0.199 e. The standard InChI is InChI=1S/C24H19N5S2/c30-23-27-26-22(29(23)20-14-8-3-9-15-20)17-31-24-25-21(18-10-4-1-5-11-18)16-28(24)19-12-6-2-7-13-19/h1-16H,17H2,(H,27,30). The first kappa shape index (κ1) is 19.5. The third kappa shape index (κ3) is 4.10. The summed E-state index contributed by atoms with van der Waals surface area (Å²) in [5, 5.41) is 8.29. The van der Waals surface area contributed by atoms with Gasteiger partial charge in [-0.2, -0.15) is 5.10 Å². The molecule has 0 aliphatic rings. The van der Waals surface area contributed by atoms with E-state index in [9.17, 15) is 0 Å². The zero-order valence-electron chi connectivity index (χ0n) is 16.6. The molecule has 7 heteroatoms. The van der Waals surface area contributed by atoms with E-state index in [4.69, 9.17) is 17.2 Å². The highest BCUT2D eigenvalue weighted by molar-refractivity contribution is 7.98. The van der Waals surface area contributed by atoms with Crippen LogP contribution in [0.1, 0.15) is 5.82 Å². The molecule has 0 radical (unpaired) electrons. The van der Waals surface area contributed by atoms with Crippen LogP contribution in [0.25, 0.3) is 22.6 Å². The highest BCUT2D eigenvalue weighted by Gasteiger charge is 2.15. The number of imidazole rings is 1. The van der Waals surface area contributed by atoms with E-state index in [0.717, 1.165) is 33.6 Å². The van der Waals surface area contributed by atoms with Crippen LogP contribution in [-0.4, -0.2) is 24.3 Å². The zero-order valence-corrected chi connectivity index (χ0v) is 18.2. The van der Waals surface area contributed by atoms with Crippen LogP contribution < -0.4 is 0 Å². The molecule has 0 atom stereocenters. The summed E-state index contributed by atoms with van der Waals surface area (Å²) in [4.78, 5) is 4.93. The first-order valence-electron chi connectivity index (χ1n) is 9.84. The van der Waals surface area contributed by atoms with Gasteiger partial charge in [-0.3, -0.25) is 14.2 Å². The summed E-state index contributed by atoms with van der Waals surface area (Å²) in [5.41, 5.74) is 4.09. The summed E-state index contributed by atoms with van der Waals surface area (Å²) >= 11 is 7.11. The molecule has 3 aromatic carbocycles. The molecule has 5 aromatic rings. The summed E-state index contributed by atoms with van der Waals surface area (Å²) in [7, 11) is 0. The molecule has 0 aliphatic carbocycles. The van der Waals surface area contributed by atoms with Gasteiger partial charge in [0.2, 0.25) is 0 Å². The number of aromatic amines is 1. The van der Waals surface area contributed by atoms with Crippen molar-refractivity contribution in [2.45, 2.75) is 10.9 Å². The van der Waals surface area contributed by atoms with E-state index in [-0.39, 0.29) is 0 Å². The smallest absolute Gasteiger partial charge is 0.199 e. The lowest BCUT2D eigenvalue weighted by Crippen LogP contribution is -2.01.